The lowest BCUT2D eigenvalue weighted by Gasteiger charge is -2.35. The molecular weight excluding hydrogens is 248 g/mol. The molecule has 1 aromatic carbocycles. The number of hydrogen-bond donors (Lipinski definition) is 1. The first-order valence-corrected chi connectivity index (χ1v) is 7.72. The summed E-state index contributed by atoms with van der Waals surface area (Å²) in [6, 6.07) is 9.38. The summed E-state index contributed by atoms with van der Waals surface area (Å²) in [5.74, 6) is 0. The summed E-state index contributed by atoms with van der Waals surface area (Å²) in [5, 5.41) is 1.25. The number of nitrogens with zero attached hydrogens (tertiary/aromatic N) is 1. The highest BCUT2D eigenvalue weighted by Crippen LogP contribution is 2.26. The Labute approximate surface area is 120 Å². The van der Waals surface area contributed by atoms with Crippen molar-refractivity contribution >= 4 is 11.0 Å². The van der Waals surface area contributed by atoms with E-state index in [0.29, 0.717) is 12.1 Å². The van der Waals surface area contributed by atoms with Gasteiger partial charge in [-0.05, 0) is 38.3 Å². The minimum absolute atomic E-state index is 0.416. The van der Waals surface area contributed by atoms with Crippen LogP contribution in [0.4, 0.5) is 0 Å². The fraction of sp³-hybridized carbons (Fsp3) is 0.529. The van der Waals surface area contributed by atoms with Crippen molar-refractivity contribution in [2.24, 2.45) is 5.73 Å². The van der Waals surface area contributed by atoms with Crippen LogP contribution in [0.3, 0.4) is 0 Å². The Kier molecular flexibility index (Phi) is 4.08. The number of nitrogens with two attached hydrogens (primary N) is 1. The zero-order valence-corrected chi connectivity index (χ0v) is 12.2. The predicted molar refractivity (Wildman–Crippen MR) is 82.5 cm³/mol. The molecule has 1 aliphatic rings. The topological polar surface area (TPSA) is 42.4 Å². The molecule has 1 saturated carbocycles. The quantitative estimate of drug-likeness (QED) is 0.926. The minimum Gasteiger partial charge on any atom is -0.464 e. The van der Waals surface area contributed by atoms with E-state index in [0.717, 1.165) is 31.5 Å². The molecule has 1 fully saturated rings. The molecular formula is C17H24N2O. The molecule has 1 aliphatic carbocycles. The molecule has 0 aliphatic heterocycles. The van der Waals surface area contributed by atoms with Crippen LogP contribution in [0.5, 0.6) is 0 Å². The number of fused-ring (bicyclic) bond motifs is 1. The van der Waals surface area contributed by atoms with E-state index in [-0.39, 0.29) is 0 Å². The van der Waals surface area contributed by atoms with Crippen LogP contribution in [0.25, 0.3) is 11.0 Å². The monoisotopic (exact) mass is 272 g/mol. The molecule has 1 aromatic heterocycles. The Morgan fingerprint density at radius 2 is 1.95 bits per heavy atom. The zero-order valence-electron chi connectivity index (χ0n) is 12.2. The van der Waals surface area contributed by atoms with Crippen molar-refractivity contribution in [3.05, 3.63) is 36.1 Å². The molecule has 0 amide bonds. The van der Waals surface area contributed by atoms with Gasteiger partial charge >= 0.3 is 0 Å². The van der Waals surface area contributed by atoms with Crippen LogP contribution in [0.2, 0.25) is 0 Å². The lowest BCUT2D eigenvalue weighted by atomic mass is 9.90. The second-order valence-corrected chi connectivity index (χ2v) is 5.89. The van der Waals surface area contributed by atoms with Crippen molar-refractivity contribution in [3.63, 3.8) is 0 Å². The molecule has 108 valence electrons. The van der Waals surface area contributed by atoms with Gasteiger partial charge in [-0.2, -0.15) is 0 Å². The first kappa shape index (κ1) is 13.7. The predicted octanol–water partition coefficient (Wildman–Crippen LogP) is 3.52. The van der Waals surface area contributed by atoms with E-state index >= 15 is 0 Å². The molecule has 20 heavy (non-hydrogen) atoms. The van der Waals surface area contributed by atoms with E-state index in [2.05, 4.69) is 24.0 Å². The molecule has 0 atom stereocenters. The average molecular weight is 272 g/mol. The number of rotatable bonds is 4. The second-order valence-electron chi connectivity index (χ2n) is 5.89. The van der Waals surface area contributed by atoms with E-state index < -0.39 is 0 Å². The van der Waals surface area contributed by atoms with Crippen LogP contribution < -0.4 is 5.73 Å². The van der Waals surface area contributed by atoms with Gasteiger partial charge in [-0.1, -0.05) is 25.1 Å². The maximum absolute atomic E-state index is 6.02. The van der Waals surface area contributed by atoms with Crippen LogP contribution in [-0.2, 0) is 6.54 Å². The highest BCUT2D eigenvalue weighted by molar-refractivity contribution is 5.80. The normalized spacial score (nSPS) is 23.6. The first-order valence-electron chi connectivity index (χ1n) is 7.72. The van der Waals surface area contributed by atoms with Gasteiger partial charge in [0.25, 0.3) is 0 Å². The number of benzene rings is 1. The third-order valence-corrected chi connectivity index (χ3v) is 4.60. The van der Waals surface area contributed by atoms with E-state index in [1.165, 1.54) is 23.8 Å². The van der Waals surface area contributed by atoms with Crippen molar-refractivity contribution in [2.45, 2.75) is 51.2 Å². The van der Waals surface area contributed by atoms with E-state index in [9.17, 15) is 0 Å². The summed E-state index contributed by atoms with van der Waals surface area (Å²) in [5.41, 5.74) is 8.31. The van der Waals surface area contributed by atoms with Crippen LogP contribution in [-0.4, -0.2) is 23.5 Å². The molecule has 3 nitrogen and oxygen atoms in total. The lowest BCUT2D eigenvalue weighted by Crippen LogP contribution is -2.40. The van der Waals surface area contributed by atoms with Crippen molar-refractivity contribution in [1.82, 2.24) is 4.90 Å². The maximum atomic E-state index is 6.02. The third-order valence-electron chi connectivity index (χ3n) is 4.60. The van der Waals surface area contributed by atoms with Gasteiger partial charge < -0.3 is 10.2 Å². The molecule has 3 heteroatoms. The van der Waals surface area contributed by atoms with Gasteiger partial charge in [0, 0.05) is 29.6 Å². The molecule has 2 N–H and O–H groups in total. The molecule has 0 radical (unpaired) electrons. The third kappa shape index (κ3) is 2.74. The van der Waals surface area contributed by atoms with Crippen molar-refractivity contribution in [3.8, 4) is 0 Å². The molecule has 0 saturated heterocycles. The molecule has 1 heterocycles. The van der Waals surface area contributed by atoms with Gasteiger partial charge in [0.1, 0.15) is 5.58 Å². The summed E-state index contributed by atoms with van der Waals surface area (Å²) < 4.78 is 5.65. The van der Waals surface area contributed by atoms with Crippen LogP contribution in [0, 0.1) is 0 Å². The van der Waals surface area contributed by atoms with Crippen LogP contribution >= 0.6 is 0 Å². The summed E-state index contributed by atoms with van der Waals surface area (Å²) in [6.07, 6.45) is 6.69. The molecule has 0 unspecified atom stereocenters. The number of para-hydroxylation sites is 1. The number of furan rings is 1. The molecule has 2 aromatic rings. The highest BCUT2D eigenvalue weighted by Gasteiger charge is 2.24. The van der Waals surface area contributed by atoms with Crippen molar-refractivity contribution in [2.75, 3.05) is 6.54 Å². The Hall–Kier alpha value is -1.32. The Bertz CT molecular complexity index is 555. The Morgan fingerprint density at radius 3 is 2.70 bits per heavy atom. The fourth-order valence-corrected chi connectivity index (χ4v) is 3.34. The Balaban J connectivity index is 1.74. The second kappa shape index (κ2) is 5.98. The summed E-state index contributed by atoms with van der Waals surface area (Å²) in [7, 11) is 0. The van der Waals surface area contributed by atoms with Gasteiger partial charge in [-0.25, -0.2) is 0 Å². The maximum Gasteiger partial charge on any atom is 0.134 e. The molecule has 0 bridgehead atoms. The van der Waals surface area contributed by atoms with Gasteiger partial charge in [0.15, 0.2) is 0 Å². The lowest BCUT2D eigenvalue weighted by molar-refractivity contribution is 0.149. The van der Waals surface area contributed by atoms with E-state index in [1.807, 2.05) is 18.4 Å². The van der Waals surface area contributed by atoms with E-state index in [4.69, 9.17) is 10.2 Å². The van der Waals surface area contributed by atoms with Gasteiger partial charge in [-0.15, -0.1) is 0 Å². The van der Waals surface area contributed by atoms with Gasteiger partial charge in [-0.3, -0.25) is 4.90 Å². The standard InChI is InChI=1S/C17H24N2O/c1-2-19(15-9-7-14(18)8-10-15)11-13-12-20-17-6-4-3-5-16(13)17/h3-6,12,14-15H,2,7-11,18H2,1H3. The highest BCUT2D eigenvalue weighted by atomic mass is 16.3. The largest absolute Gasteiger partial charge is 0.464 e. The molecule has 3 rings (SSSR count). The smallest absolute Gasteiger partial charge is 0.134 e. The van der Waals surface area contributed by atoms with Crippen molar-refractivity contribution in [1.29, 1.82) is 0 Å². The first-order chi connectivity index (χ1) is 9.78. The van der Waals surface area contributed by atoms with Gasteiger partial charge in [0.2, 0.25) is 0 Å². The SMILES string of the molecule is CCN(Cc1coc2ccccc12)C1CCC(N)CC1. The van der Waals surface area contributed by atoms with Crippen LogP contribution in [0.15, 0.2) is 34.9 Å². The summed E-state index contributed by atoms with van der Waals surface area (Å²) >= 11 is 0. The average Bonchev–Trinajstić information content (AvgIpc) is 2.89. The van der Waals surface area contributed by atoms with Crippen molar-refractivity contribution < 1.29 is 4.42 Å². The summed E-state index contributed by atoms with van der Waals surface area (Å²) in [4.78, 5) is 2.57. The summed E-state index contributed by atoms with van der Waals surface area (Å²) in [6.45, 7) is 4.31. The Morgan fingerprint density at radius 1 is 1.20 bits per heavy atom. The number of hydrogen-bond acceptors (Lipinski definition) is 3. The van der Waals surface area contributed by atoms with Gasteiger partial charge in [0.05, 0.1) is 6.26 Å². The minimum atomic E-state index is 0.416. The fourth-order valence-electron chi connectivity index (χ4n) is 3.34. The zero-order chi connectivity index (χ0) is 13.9. The van der Waals surface area contributed by atoms with Crippen LogP contribution in [0.1, 0.15) is 38.2 Å². The van der Waals surface area contributed by atoms with E-state index in [1.54, 1.807) is 0 Å². The molecule has 0 spiro atoms.